The Morgan fingerprint density at radius 2 is 2.28 bits per heavy atom. The summed E-state index contributed by atoms with van der Waals surface area (Å²) in [6.07, 6.45) is 3.64. The van der Waals surface area contributed by atoms with Crippen molar-refractivity contribution in [1.29, 1.82) is 0 Å². The second-order valence-electron chi connectivity index (χ2n) is 6.93. The topological polar surface area (TPSA) is 41.5 Å². The fraction of sp³-hybridized carbons (Fsp3) is 0.556. The van der Waals surface area contributed by atoms with Crippen LogP contribution in [0.4, 0.5) is 10.2 Å². The summed E-state index contributed by atoms with van der Waals surface area (Å²) in [6.45, 7) is 6.88. The Labute approximate surface area is 151 Å². The number of aromatic nitrogens is 2. The van der Waals surface area contributed by atoms with Crippen LogP contribution in [0.5, 0.6) is 0 Å². The molecule has 25 heavy (non-hydrogen) atoms. The van der Waals surface area contributed by atoms with E-state index in [1.165, 1.54) is 6.07 Å². The van der Waals surface area contributed by atoms with Crippen LogP contribution in [-0.4, -0.2) is 53.3 Å². The van der Waals surface area contributed by atoms with Gasteiger partial charge in [0, 0.05) is 44.3 Å². The van der Waals surface area contributed by atoms with Gasteiger partial charge in [0.1, 0.15) is 0 Å². The van der Waals surface area contributed by atoms with E-state index in [0.29, 0.717) is 19.0 Å². The summed E-state index contributed by atoms with van der Waals surface area (Å²) in [6, 6.07) is 3.11. The van der Waals surface area contributed by atoms with Crippen LogP contribution in [0.2, 0.25) is 0 Å². The molecule has 4 heterocycles. The summed E-state index contributed by atoms with van der Waals surface area (Å²) in [5.74, 6) is 0.183. The van der Waals surface area contributed by atoms with Gasteiger partial charge in [0.25, 0.3) is 0 Å². The summed E-state index contributed by atoms with van der Waals surface area (Å²) >= 11 is 1.69. The molecule has 2 aromatic heterocycles. The molecule has 7 heteroatoms. The van der Waals surface area contributed by atoms with Crippen LogP contribution in [0.15, 0.2) is 23.7 Å². The number of rotatable bonds is 3. The van der Waals surface area contributed by atoms with E-state index >= 15 is 0 Å². The number of morpholine rings is 1. The molecule has 0 bridgehead atoms. The van der Waals surface area contributed by atoms with Gasteiger partial charge >= 0.3 is 0 Å². The van der Waals surface area contributed by atoms with Gasteiger partial charge in [0.05, 0.1) is 22.9 Å². The first-order valence-electron chi connectivity index (χ1n) is 8.76. The summed E-state index contributed by atoms with van der Waals surface area (Å²) < 4.78 is 20.4. The maximum absolute atomic E-state index is 14.1. The molecule has 4 rings (SSSR count). The maximum atomic E-state index is 14.1. The lowest BCUT2D eigenvalue weighted by Crippen LogP contribution is -2.59. The quantitative estimate of drug-likeness (QED) is 0.840. The summed E-state index contributed by atoms with van der Waals surface area (Å²) in [5, 5.41) is 3.24. The van der Waals surface area contributed by atoms with Crippen LogP contribution in [0, 0.1) is 12.7 Å². The predicted octanol–water partition coefficient (Wildman–Crippen LogP) is 2.86. The molecule has 1 unspecified atom stereocenters. The van der Waals surface area contributed by atoms with Crippen molar-refractivity contribution in [2.75, 3.05) is 37.7 Å². The summed E-state index contributed by atoms with van der Waals surface area (Å²) in [7, 11) is 0. The van der Waals surface area contributed by atoms with Crippen molar-refractivity contribution in [1.82, 2.24) is 14.9 Å². The average molecular weight is 362 g/mol. The number of anilines is 1. The fourth-order valence-electron chi connectivity index (χ4n) is 3.90. The van der Waals surface area contributed by atoms with E-state index in [1.807, 2.05) is 11.8 Å². The molecule has 2 aromatic rings. The Balaban J connectivity index is 1.47. The van der Waals surface area contributed by atoms with Crippen molar-refractivity contribution in [3.63, 3.8) is 0 Å². The number of aryl methyl sites for hydroxylation is 1. The number of ether oxygens (including phenoxy) is 1. The van der Waals surface area contributed by atoms with E-state index in [0.717, 1.165) is 49.7 Å². The largest absolute Gasteiger partial charge is 0.370 e. The van der Waals surface area contributed by atoms with Crippen LogP contribution in [0.1, 0.15) is 23.5 Å². The van der Waals surface area contributed by atoms with E-state index < -0.39 is 0 Å². The third-order valence-electron chi connectivity index (χ3n) is 4.96. The first kappa shape index (κ1) is 16.9. The number of hydrogen-bond acceptors (Lipinski definition) is 6. The third kappa shape index (κ3) is 3.68. The number of thiazole rings is 1. The Hall–Kier alpha value is -1.57. The lowest BCUT2D eigenvalue weighted by molar-refractivity contribution is -0.116. The standard InChI is InChI=1S/C18H23FN4OS/c1-14-21-15(11-25-14)10-22-8-9-24-18(12-22)5-3-7-23(13-18)17-16(19)4-2-6-20-17/h2,4,6,11H,3,5,7-10,12-13H2,1H3. The normalized spacial score (nSPS) is 24.8. The highest BCUT2D eigenvalue weighted by molar-refractivity contribution is 7.09. The number of piperidine rings is 1. The fourth-order valence-corrected chi connectivity index (χ4v) is 4.51. The highest BCUT2D eigenvalue weighted by Gasteiger charge is 2.41. The highest BCUT2D eigenvalue weighted by Crippen LogP contribution is 2.32. The summed E-state index contributed by atoms with van der Waals surface area (Å²) in [5.41, 5.74) is 0.883. The van der Waals surface area contributed by atoms with Gasteiger partial charge in [-0.15, -0.1) is 11.3 Å². The number of halogens is 1. The Morgan fingerprint density at radius 1 is 1.36 bits per heavy atom. The minimum Gasteiger partial charge on any atom is -0.370 e. The van der Waals surface area contributed by atoms with Crippen molar-refractivity contribution in [3.05, 3.63) is 40.2 Å². The Kier molecular flexibility index (Phi) is 4.71. The van der Waals surface area contributed by atoms with Crippen LogP contribution in [0.3, 0.4) is 0 Å². The van der Waals surface area contributed by atoms with E-state index in [-0.39, 0.29) is 11.4 Å². The molecule has 1 spiro atoms. The van der Waals surface area contributed by atoms with E-state index in [1.54, 1.807) is 23.6 Å². The molecular weight excluding hydrogens is 339 g/mol. The van der Waals surface area contributed by atoms with Crippen LogP contribution >= 0.6 is 11.3 Å². The minimum absolute atomic E-state index is 0.245. The minimum atomic E-state index is -0.259. The van der Waals surface area contributed by atoms with E-state index in [9.17, 15) is 4.39 Å². The van der Waals surface area contributed by atoms with Gasteiger partial charge in [-0.05, 0) is 31.9 Å². The molecule has 2 aliphatic heterocycles. The average Bonchev–Trinajstić information content (AvgIpc) is 3.00. The molecule has 0 radical (unpaired) electrons. The van der Waals surface area contributed by atoms with Gasteiger partial charge in [0.2, 0.25) is 0 Å². The smallest absolute Gasteiger partial charge is 0.165 e. The second-order valence-corrected chi connectivity index (χ2v) is 8.00. The number of pyridine rings is 1. The van der Waals surface area contributed by atoms with Crippen molar-refractivity contribution >= 4 is 17.2 Å². The molecule has 0 aliphatic carbocycles. The summed E-state index contributed by atoms with van der Waals surface area (Å²) in [4.78, 5) is 13.3. The molecule has 0 amide bonds. The van der Waals surface area contributed by atoms with E-state index in [4.69, 9.17) is 4.74 Å². The maximum Gasteiger partial charge on any atom is 0.165 e. The second kappa shape index (κ2) is 6.97. The van der Waals surface area contributed by atoms with Crippen LogP contribution in [-0.2, 0) is 11.3 Å². The molecule has 2 saturated heterocycles. The molecule has 0 aromatic carbocycles. The molecular formula is C18H23FN4OS. The molecule has 0 saturated carbocycles. The van der Waals surface area contributed by atoms with Crippen molar-refractivity contribution in [2.45, 2.75) is 31.9 Å². The monoisotopic (exact) mass is 362 g/mol. The molecule has 2 aliphatic rings. The Morgan fingerprint density at radius 3 is 3.08 bits per heavy atom. The zero-order valence-electron chi connectivity index (χ0n) is 14.4. The van der Waals surface area contributed by atoms with E-state index in [2.05, 4.69) is 20.2 Å². The molecule has 1 atom stereocenters. The van der Waals surface area contributed by atoms with Gasteiger partial charge in [-0.25, -0.2) is 14.4 Å². The van der Waals surface area contributed by atoms with Gasteiger partial charge in [0.15, 0.2) is 11.6 Å². The van der Waals surface area contributed by atoms with Crippen LogP contribution < -0.4 is 4.90 Å². The number of hydrogen-bond donors (Lipinski definition) is 0. The van der Waals surface area contributed by atoms with Gasteiger partial charge in [-0.1, -0.05) is 0 Å². The van der Waals surface area contributed by atoms with Crippen LogP contribution in [0.25, 0.3) is 0 Å². The Bertz CT molecular complexity index is 735. The molecule has 134 valence electrons. The first-order valence-corrected chi connectivity index (χ1v) is 9.64. The molecule has 0 N–H and O–H groups in total. The lowest BCUT2D eigenvalue weighted by atomic mass is 9.90. The lowest BCUT2D eigenvalue weighted by Gasteiger charge is -2.48. The van der Waals surface area contributed by atoms with Crippen molar-refractivity contribution < 1.29 is 9.13 Å². The predicted molar refractivity (Wildman–Crippen MR) is 96.5 cm³/mol. The first-order chi connectivity index (χ1) is 12.1. The zero-order chi connectivity index (χ0) is 17.3. The van der Waals surface area contributed by atoms with Crippen molar-refractivity contribution in [3.8, 4) is 0 Å². The highest BCUT2D eigenvalue weighted by atomic mass is 32.1. The van der Waals surface area contributed by atoms with Gasteiger partial charge in [-0.2, -0.15) is 0 Å². The molecule has 5 nitrogen and oxygen atoms in total. The molecule has 2 fully saturated rings. The van der Waals surface area contributed by atoms with Crippen molar-refractivity contribution in [2.24, 2.45) is 0 Å². The SMILES string of the molecule is Cc1nc(CN2CCOC3(CCCN(c4ncccc4F)C3)C2)cs1. The third-order valence-corrected chi connectivity index (χ3v) is 5.78. The number of nitrogens with zero attached hydrogens (tertiary/aromatic N) is 4. The van der Waals surface area contributed by atoms with Gasteiger partial charge in [-0.3, -0.25) is 4.90 Å². The zero-order valence-corrected chi connectivity index (χ0v) is 15.3. The van der Waals surface area contributed by atoms with Gasteiger partial charge < -0.3 is 9.64 Å².